The number of rotatable bonds is 1. The topological polar surface area (TPSA) is 69.6 Å². The number of quaternary nitrogens is 1. The Morgan fingerprint density at radius 1 is 1.26 bits per heavy atom. The second kappa shape index (κ2) is 6.20. The minimum absolute atomic E-state index is 0.0257. The number of carbonyl (C=O) groups is 2. The zero-order valence-corrected chi connectivity index (χ0v) is 14.2. The van der Waals surface area contributed by atoms with E-state index in [1.54, 1.807) is 4.90 Å². The molecular weight excluding hydrogens is 294 g/mol. The van der Waals surface area contributed by atoms with Crippen LogP contribution in [0.2, 0.25) is 0 Å². The molecule has 0 aliphatic carbocycles. The fourth-order valence-corrected chi connectivity index (χ4v) is 3.52. The van der Waals surface area contributed by atoms with Crippen LogP contribution in [0, 0.1) is 0 Å². The number of carboxylic acid groups (broad SMARTS) is 1. The molecule has 1 saturated heterocycles. The zero-order chi connectivity index (χ0) is 17.3. The number of hydrogen-bond acceptors (Lipinski definition) is 2. The maximum Gasteiger partial charge on any atom is 0.514 e. The molecular formula is C17H26N3O3+. The predicted molar refractivity (Wildman–Crippen MR) is 89.4 cm³/mol. The summed E-state index contributed by atoms with van der Waals surface area (Å²) in [6.45, 7) is 8.98. The van der Waals surface area contributed by atoms with Crippen molar-refractivity contribution >= 4 is 17.8 Å². The van der Waals surface area contributed by atoms with E-state index in [2.05, 4.69) is 5.32 Å². The maximum absolute atomic E-state index is 12.4. The minimum Gasteiger partial charge on any atom is -0.435 e. The quantitative estimate of drug-likeness (QED) is 0.781. The van der Waals surface area contributed by atoms with E-state index in [1.165, 1.54) is 0 Å². The molecule has 0 aromatic heterocycles. The second-order valence-electron chi connectivity index (χ2n) is 7.14. The molecule has 1 aliphatic heterocycles. The van der Waals surface area contributed by atoms with E-state index in [4.69, 9.17) is 0 Å². The summed E-state index contributed by atoms with van der Waals surface area (Å²) < 4.78 is -0.0257. The molecule has 2 rings (SSSR count). The van der Waals surface area contributed by atoms with Crippen LogP contribution in [-0.4, -0.2) is 57.8 Å². The Bertz CT molecular complexity index is 582. The fourth-order valence-electron chi connectivity index (χ4n) is 3.52. The van der Waals surface area contributed by atoms with Crippen LogP contribution in [0.15, 0.2) is 30.3 Å². The zero-order valence-electron chi connectivity index (χ0n) is 14.2. The Balaban J connectivity index is 2.11. The third-order valence-corrected chi connectivity index (χ3v) is 4.81. The summed E-state index contributed by atoms with van der Waals surface area (Å²) in [7, 11) is 0. The number of anilines is 1. The average Bonchev–Trinajstić information content (AvgIpc) is 2.46. The number of nitrogens with zero attached hydrogens (tertiary/aromatic N) is 2. The number of carbonyl (C=O) groups excluding carboxylic acids is 1. The van der Waals surface area contributed by atoms with Gasteiger partial charge in [-0.3, -0.25) is 0 Å². The molecule has 6 heteroatoms. The van der Waals surface area contributed by atoms with Crippen LogP contribution in [0.3, 0.4) is 0 Å². The summed E-state index contributed by atoms with van der Waals surface area (Å²) in [6.07, 6.45) is -0.826. The van der Waals surface area contributed by atoms with Gasteiger partial charge in [0.2, 0.25) is 0 Å². The van der Waals surface area contributed by atoms with Crippen LogP contribution in [0.5, 0.6) is 0 Å². The molecule has 2 N–H and O–H groups in total. The van der Waals surface area contributed by atoms with Gasteiger partial charge in [0.1, 0.15) is 18.1 Å². The van der Waals surface area contributed by atoms with Crippen molar-refractivity contribution in [2.45, 2.75) is 39.3 Å². The molecule has 1 heterocycles. The summed E-state index contributed by atoms with van der Waals surface area (Å²) >= 11 is 0. The van der Waals surface area contributed by atoms with E-state index in [9.17, 15) is 14.7 Å². The lowest BCUT2D eigenvalue weighted by Crippen LogP contribution is -2.74. The van der Waals surface area contributed by atoms with Crippen LogP contribution in [-0.2, 0) is 0 Å². The number of amides is 3. The molecule has 2 atom stereocenters. The van der Waals surface area contributed by atoms with Crippen LogP contribution in [0.1, 0.15) is 27.7 Å². The summed E-state index contributed by atoms with van der Waals surface area (Å²) in [5.74, 6) is 0. The van der Waals surface area contributed by atoms with Crippen molar-refractivity contribution in [3.63, 3.8) is 0 Å². The van der Waals surface area contributed by atoms with Gasteiger partial charge in [-0.15, -0.1) is 0 Å². The van der Waals surface area contributed by atoms with Gasteiger partial charge in [0.25, 0.3) is 0 Å². The highest BCUT2D eigenvalue weighted by atomic mass is 16.4. The Morgan fingerprint density at radius 2 is 1.87 bits per heavy atom. The van der Waals surface area contributed by atoms with Crippen LogP contribution >= 0.6 is 0 Å². The van der Waals surface area contributed by atoms with Crippen LogP contribution in [0.4, 0.5) is 15.3 Å². The summed E-state index contributed by atoms with van der Waals surface area (Å²) in [5, 5.41) is 12.7. The van der Waals surface area contributed by atoms with Gasteiger partial charge >= 0.3 is 12.1 Å². The highest BCUT2D eigenvalue weighted by molar-refractivity contribution is 5.89. The lowest BCUT2D eigenvalue weighted by Gasteiger charge is -2.52. The molecule has 1 unspecified atom stereocenters. The second-order valence-corrected chi connectivity index (χ2v) is 7.14. The Morgan fingerprint density at radius 3 is 2.35 bits per heavy atom. The first-order chi connectivity index (χ1) is 10.7. The molecule has 126 valence electrons. The molecule has 1 fully saturated rings. The van der Waals surface area contributed by atoms with E-state index in [0.717, 1.165) is 5.69 Å². The molecule has 3 amide bonds. The number of para-hydroxylation sites is 1. The Hall–Kier alpha value is -2.08. The number of piperazine rings is 1. The average molecular weight is 320 g/mol. The smallest absolute Gasteiger partial charge is 0.435 e. The van der Waals surface area contributed by atoms with Crippen LogP contribution < -0.4 is 5.32 Å². The Labute approximate surface area is 137 Å². The van der Waals surface area contributed by atoms with Gasteiger partial charge in [-0.1, -0.05) is 18.2 Å². The molecule has 0 saturated carbocycles. The SMILES string of the molecule is C[C@H]1CN(C(=O)Nc2ccccc2)CC[N+]1(C(=O)O)C(C)(C)C. The Kier molecular flexibility index (Phi) is 4.66. The largest absolute Gasteiger partial charge is 0.514 e. The first-order valence-electron chi connectivity index (χ1n) is 7.91. The molecule has 6 nitrogen and oxygen atoms in total. The molecule has 0 radical (unpaired) electrons. The molecule has 0 bridgehead atoms. The summed E-state index contributed by atoms with van der Waals surface area (Å²) in [5.41, 5.74) is 0.318. The number of urea groups is 1. The number of nitrogens with one attached hydrogen (secondary N) is 1. The molecule has 1 aromatic carbocycles. The summed E-state index contributed by atoms with van der Waals surface area (Å²) in [4.78, 5) is 26.1. The highest BCUT2D eigenvalue weighted by Crippen LogP contribution is 2.32. The van der Waals surface area contributed by atoms with E-state index >= 15 is 0 Å². The third kappa shape index (κ3) is 3.17. The van der Waals surface area contributed by atoms with E-state index in [-0.39, 0.29) is 16.6 Å². The standard InChI is InChI=1S/C17H25N3O3/c1-13-12-19(15(21)18-14-8-6-5-7-9-14)10-11-20(13,16(22)23)17(2,3)4/h5-9,13H,10-12H2,1-4H3,(H-,18,21,22,23)/p+1/t13-,20?/m0/s1. The van der Waals surface area contributed by atoms with Crippen molar-refractivity contribution in [3.05, 3.63) is 30.3 Å². The minimum atomic E-state index is -0.826. The molecule has 23 heavy (non-hydrogen) atoms. The maximum atomic E-state index is 12.4. The van der Waals surface area contributed by atoms with E-state index in [1.807, 2.05) is 58.0 Å². The lowest BCUT2D eigenvalue weighted by atomic mass is 9.96. The van der Waals surface area contributed by atoms with Gasteiger partial charge in [-0.25, -0.2) is 9.28 Å². The van der Waals surface area contributed by atoms with Gasteiger partial charge < -0.3 is 15.3 Å². The van der Waals surface area contributed by atoms with Gasteiger partial charge in [-0.2, -0.15) is 4.79 Å². The summed E-state index contributed by atoms with van der Waals surface area (Å²) in [6, 6.07) is 8.92. The first-order valence-corrected chi connectivity index (χ1v) is 7.91. The van der Waals surface area contributed by atoms with Crippen LogP contribution in [0.25, 0.3) is 0 Å². The molecule has 0 spiro atoms. The predicted octanol–water partition coefficient (Wildman–Crippen LogP) is 3.22. The highest BCUT2D eigenvalue weighted by Gasteiger charge is 2.54. The number of benzene rings is 1. The normalized spacial score (nSPS) is 25.0. The van der Waals surface area contributed by atoms with Crippen molar-refractivity contribution in [3.8, 4) is 0 Å². The first kappa shape index (κ1) is 17.3. The van der Waals surface area contributed by atoms with Gasteiger partial charge in [-0.05, 0) is 39.8 Å². The molecule has 1 aromatic rings. The fraction of sp³-hybridized carbons (Fsp3) is 0.529. The van der Waals surface area contributed by atoms with Crippen molar-refractivity contribution in [1.29, 1.82) is 0 Å². The van der Waals surface area contributed by atoms with E-state index in [0.29, 0.717) is 19.6 Å². The van der Waals surface area contributed by atoms with Crippen molar-refractivity contribution in [1.82, 2.24) is 4.90 Å². The van der Waals surface area contributed by atoms with Gasteiger partial charge in [0.15, 0.2) is 0 Å². The molecule has 1 aliphatic rings. The van der Waals surface area contributed by atoms with E-state index < -0.39 is 11.6 Å². The van der Waals surface area contributed by atoms with Crippen molar-refractivity contribution in [2.75, 3.05) is 25.0 Å². The monoisotopic (exact) mass is 320 g/mol. The van der Waals surface area contributed by atoms with Gasteiger partial charge in [0.05, 0.1) is 13.1 Å². The van der Waals surface area contributed by atoms with Gasteiger partial charge in [0, 0.05) is 5.69 Å². The lowest BCUT2D eigenvalue weighted by molar-refractivity contribution is -0.928. The third-order valence-electron chi connectivity index (χ3n) is 4.81. The van der Waals surface area contributed by atoms with Crippen molar-refractivity contribution in [2.24, 2.45) is 0 Å². The van der Waals surface area contributed by atoms with Crippen molar-refractivity contribution < 1.29 is 19.2 Å². The number of hydrogen-bond donors (Lipinski definition) is 2.